The Morgan fingerprint density at radius 1 is 1.23 bits per heavy atom. The van der Waals surface area contributed by atoms with Crippen molar-refractivity contribution in [3.8, 4) is 11.3 Å². The fourth-order valence-electron chi connectivity index (χ4n) is 3.47. The number of amides is 1. The van der Waals surface area contributed by atoms with Crippen LogP contribution in [0.4, 0.5) is 4.39 Å². The molecule has 1 fully saturated rings. The van der Waals surface area contributed by atoms with Gasteiger partial charge in [0.2, 0.25) is 0 Å². The van der Waals surface area contributed by atoms with Crippen molar-refractivity contribution < 1.29 is 9.18 Å². The highest BCUT2D eigenvalue weighted by Gasteiger charge is 2.35. The van der Waals surface area contributed by atoms with Gasteiger partial charge in [0.1, 0.15) is 5.82 Å². The molecule has 0 spiro atoms. The van der Waals surface area contributed by atoms with Crippen molar-refractivity contribution in [2.24, 2.45) is 17.1 Å². The average Bonchev–Trinajstić information content (AvgIpc) is 2.58. The zero-order valence-corrected chi connectivity index (χ0v) is 15.6. The van der Waals surface area contributed by atoms with E-state index in [1.807, 2.05) is 24.0 Å². The fraction of sp³-hybridized carbons (Fsp3) is 0.429. The predicted molar refractivity (Wildman–Crippen MR) is 101 cm³/mol. The summed E-state index contributed by atoms with van der Waals surface area (Å²) in [4.78, 5) is 19.1. The molecule has 1 aliphatic heterocycles. The molecule has 0 saturated carbocycles. The minimum atomic E-state index is -0.276. The molecule has 138 valence electrons. The maximum atomic E-state index is 13.1. The van der Waals surface area contributed by atoms with Crippen LogP contribution in [0.15, 0.2) is 36.4 Å². The molecule has 1 aromatic carbocycles. The Labute approximate surface area is 154 Å². The molecule has 0 unspecified atom stereocenters. The first-order valence-corrected chi connectivity index (χ1v) is 9.02. The van der Waals surface area contributed by atoms with E-state index < -0.39 is 0 Å². The second-order valence-electron chi connectivity index (χ2n) is 7.98. The van der Waals surface area contributed by atoms with Gasteiger partial charge in [-0.2, -0.15) is 0 Å². The smallest absolute Gasteiger partial charge is 0.255 e. The van der Waals surface area contributed by atoms with Crippen LogP contribution in [0.3, 0.4) is 0 Å². The molecular weight excluding hydrogens is 329 g/mol. The van der Waals surface area contributed by atoms with E-state index in [9.17, 15) is 9.18 Å². The van der Waals surface area contributed by atoms with Gasteiger partial charge in [-0.3, -0.25) is 9.78 Å². The highest BCUT2D eigenvalue weighted by molar-refractivity contribution is 5.96. The molecule has 2 N–H and O–H groups in total. The predicted octanol–water partition coefficient (Wildman–Crippen LogP) is 3.64. The van der Waals surface area contributed by atoms with Crippen LogP contribution in [0.5, 0.6) is 0 Å². The lowest BCUT2D eigenvalue weighted by atomic mass is 9.79. The first-order chi connectivity index (χ1) is 12.3. The van der Waals surface area contributed by atoms with Gasteiger partial charge < -0.3 is 10.6 Å². The van der Waals surface area contributed by atoms with Crippen LogP contribution in [-0.2, 0) is 0 Å². The molecule has 26 heavy (non-hydrogen) atoms. The van der Waals surface area contributed by atoms with Gasteiger partial charge in [-0.1, -0.05) is 13.8 Å². The van der Waals surface area contributed by atoms with Crippen LogP contribution in [0.1, 0.15) is 36.3 Å². The zero-order chi connectivity index (χ0) is 18.9. The number of rotatable bonds is 5. The van der Waals surface area contributed by atoms with E-state index in [2.05, 4.69) is 18.8 Å². The van der Waals surface area contributed by atoms with Crippen molar-refractivity contribution >= 4 is 5.91 Å². The number of nitrogens with two attached hydrogens (primary N) is 1. The second-order valence-corrected chi connectivity index (χ2v) is 7.98. The summed E-state index contributed by atoms with van der Waals surface area (Å²) in [6.45, 7) is 8.39. The van der Waals surface area contributed by atoms with E-state index in [1.54, 1.807) is 12.1 Å². The first kappa shape index (κ1) is 18.5. The fourth-order valence-corrected chi connectivity index (χ4v) is 3.47. The topological polar surface area (TPSA) is 59.2 Å². The van der Waals surface area contributed by atoms with Gasteiger partial charge in [-0.15, -0.1) is 0 Å². The Bertz CT molecular complexity index is 795. The molecule has 0 bridgehead atoms. The van der Waals surface area contributed by atoms with Gasteiger partial charge in [0, 0.05) is 18.7 Å². The van der Waals surface area contributed by atoms with E-state index in [0.717, 1.165) is 30.8 Å². The number of hydrogen-bond acceptors (Lipinski definition) is 3. The van der Waals surface area contributed by atoms with Gasteiger partial charge in [0.25, 0.3) is 5.91 Å². The summed E-state index contributed by atoms with van der Waals surface area (Å²) in [5.41, 5.74) is 8.82. The van der Waals surface area contributed by atoms with Crippen molar-refractivity contribution in [3.63, 3.8) is 0 Å². The van der Waals surface area contributed by atoms with E-state index in [-0.39, 0.29) is 17.1 Å². The van der Waals surface area contributed by atoms with Crippen LogP contribution < -0.4 is 5.73 Å². The van der Waals surface area contributed by atoms with Gasteiger partial charge in [0.15, 0.2) is 0 Å². The highest BCUT2D eigenvalue weighted by atomic mass is 19.1. The summed E-state index contributed by atoms with van der Waals surface area (Å²) in [7, 11) is 0. The molecule has 2 heterocycles. The number of pyridine rings is 1. The number of benzene rings is 1. The molecule has 1 aliphatic rings. The Kier molecular flexibility index (Phi) is 5.10. The second kappa shape index (κ2) is 7.16. The number of likely N-dealkylation sites (tertiary alicyclic amines) is 1. The van der Waals surface area contributed by atoms with Crippen LogP contribution in [0.25, 0.3) is 11.3 Å². The van der Waals surface area contributed by atoms with E-state index in [0.29, 0.717) is 23.7 Å². The summed E-state index contributed by atoms with van der Waals surface area (Å²) in [5, 5.41) is 0. The van der Waals surface area contributed by atoms with Crippen molar-refractivity contribution in [3.05, 3.63) is 53.5 Å². The van der Waals surface area contributed by atoms with Gasteiger partial charge in [-0.25, -0.2) is 4.39 Å². The molecule has 3 rings (SSSR count). The molecule has 2 aromatic rings. The molecular formula is C21H26FN3O. The summed E-state index contributed by atoms with van der Waals surface area (Å²) in [5.74, 6) is 0.272. The molecule has 4 nitrogen and oxygen atoms in total. The third kappa shape index (κ3) is 3.93. The van der Waals surface area contributed by atoms with Crippen LogP contribution in [0.2, 0.25) is 0 Å². The van der Waals surface area contributed by atoms with E-state index in [1.165, 1.54) is 12.1 Å². The summed E-state index contributed by atoms with van der Waals surface area (Å²) >= 11 is 0. The van der Waals surface area contributed by atoms with Crippen molar-refractivity contribution in [1.29, 1.82) is 0 Å². The number of aryl methyl sites for hydroxylation is 1. The summed E-state index contributed by atoms with van der Waals surface area (Å²) in [6, 6.07) is 9.85. The standard InChI is InChI=1S/C21H26FN3O/c1-14-18(8-9-19(24-14)16-4-6-17(22)7-5-16)20(26)25-11-15(12-25)10-21(2,3)13-23/h4-9,15H,10-13,23H2,1-3H3. The molecule has 1 amide bonds. The number of halogens is 1. The zero-order valence-electron chi connectivity index (χ0n) is 15.6. The minimum Gasteiger partial charge on any atom is -0.338 e. The SMILES string of the molecule is Cc1nc(-c2ccc(F)cc2)ccc1C(=O)N1CC(CC(C)(C)CN)C1. The normalized spacial score (nSPS) is 15.0. The summed E-state index contributed by atoms with van der Waals surface area (Å²) < 4.78 is 13.1. The van der Waals surface area contributed by atoms with E-state index in [4.69, 9.17) is 5.73 Å². The highest BCUT2D eigenvalue weighted by Crippen LogP contribution is 2.31. The van der Waals surface area contributed by atoms with Crippen LogP contribution in [-0.4, -0.2) is 35.4 Å². The number of carbonyl (C=O) groups excluding carboxylic acids is 1. The molecule has 1 saturated heterocycles. The Morgan fingerprint density at radius 3 is 2.46 bits per heavy atom. The molecule has 5 heteroatoms. The van der Waals surface area contributed by atoms with Crippen LogP contribution >= 0.6 is 0 Å². The Balaban J connectivity index is 1.67. The molecule has 1 aromatic heterocycles. The van der Waals surface area contributed by atoms with Crippen molar-refractivity contribution in [2.45, 2.75) is 27.2 Å². The number of carbonyl (C=O) groups is 1. The lowest BCUT2D eigenvalue weighted by Crippen LogP contribution is -2.51. The maximum absolute atomic E-state index is 13.1. The Morgan fingerprint density at radius 2 is 1.88 bits per heavy atom. The van der Waals surface area contributed by atoms with Crippen LogP contribution in [0, 0.1) is 24.1 Å². The molecule has 0 atom stereocenters. The maximum Gasteiger partial charge on any atom is 0.255 e. The number of hydrogen-bond donors (Lipinski definition) is 1. The van der Waals surface area contributed by atoms with Crippen molar-refractivity contribution in [1.82, 2.24) is 9.88 Å². The lowest BCUT2D eigenvalue weighted by molar-refractivity contribution is 0.0406. The average molecular weight is 355 g/mol. The lowest BCUT2D eigenvalue weighted by Gasteiger charge is -2.42. The number of nitrogens with zero attached hydrogens (tertiary/aromatic N) is 2. The van der Waals surface area contributed by atoms with E-state index >= 15 is 0 Å². The number of aromatic nitrogens is 1. The monoisotopic (exact) mass is 355 g/mol. The van der Waals surface area contributed by atoms with Gasteiger partial charge >= 0.3 is 0 Å². The third-order valence-corrected chi connectivity index (χ3v) is 5.09. The largest absolute Gasteiger partial charge is 0.338 e. The quantitative estimate of drug-likeness (QED) is 0.891. The first-order valence-electron chi connectivity index (χ1n) is 9.02. The molecule has 0 radical (unpaired) electrons. The van der Waals surface area contributed by atoms with Gasteiger partial charge in [0.05, 0.1) is 17.0 Å². The third-order valence-electron chi connectivity index (χ3n) is 5.09. The Hall–Kier alpha value is -2.27. The molecule has 0 aliphatic carbocycles. The minimum absolute atomic E-state index is 0.0301. The van der Waals surface area contributed by atoms with Gasteiger partial charge in [-0.05, 0) is 67.6 Å². The van der Waals surface area contributed by atoms with Crippen molar-refractivity contribution in [2.75, 3.05) is 19.6 Å². The summed E-state index contributed by atoms with van der Waals surface area (Å²) in [6.07, 6.45) is 1.04.